The Bertz CT molecular complexity index is 2160. The Labute approximate surface area is 283 Å². The van der Waals surface area contributed by atoms with Gasteiger partial charge in [-0.2, -0.15) is 0 Å². The number of furan rings is 1. The van der Waals surface area contributed by atoms with E-state index in [1.54, 1.807) is 60.7 Å². The molecule has 1 aromatic heterocycles. The fraction of sp³-hybridized carbons (Fsp3) is 0.0714. The number of barbiturate groups is 1. The molecule has 1 aliphatic heterocycles. The van der Waals surface area contributed by atoms with Crippen molar-refractivity contribution in [2.45, 2.75) is 19.3 Å². The highest BCUT2D eigenvalue weighted by Crippen LogP contribution is 2.52. The summed E-state index contributed by atoms with van der Waals surface area (Å²) < 4.78 is 6.45. The van der Waals surface area contributed by atoms with Crippen molar-refractivity contribution < 1.29 is 18.8 Å². The maximum Gasteiger partial charge on any atom is 0.343 e. The first-order chi connectivity index (χ1) is 23.8. The second-order valence-electron chi connectivity index (χ2n) is 12.5. The second-order valence-corrected chi connectivity index (χ2v) is 12.5. The molecule has 7 heteroatoms. The van der Waals surface area contributed by atoms with Gasteiger partial charge in [0.2, 0.25) is 0 Å². The zero-order valence-corrected chi connectivity index (χ0v) is 26.9. The number of hydrogen-bond donors (Lipinski definition) is 0. The van der Waals surface area contributed by atoms with Crippen LogP contribution in [-0.2, 0) is 15.0 Å². The van der Waals surface area contributed by atoms with Crippen molar-refractivity contribution in [2.24, 2.45) is 0 Å². The monoisotopic (exact) mass is 641 g/mol. The normalized spacial score (nSPS) is 14.9. The van der Waals surface area contributed by atoms with Crippen molar-refractivity contribution in [3.63, 3.8) is 0 Å². The van der Waals surface area contributed by atoms with Crippen LogP contribution < -0.4 is 14.7 Å². The van der Waals surface area contributed by atoms with Gasteiger partial charge in [0, 0.05) is 33.6 Å². The summed E-state index contributed by atoms with van der Waals surface area (Å²) in [4.78, 5) is 45.8. The maximum atomic E-state index is 13.9. The van der Waals surface area contributed by atoms with E-state index in [2.05, 4.69) is 61.2 Å². The molecule has 0 radical (unpaired) electrons. The van der Waals surface area contributed by atoms with Gasteiger partial charge in [-0.25, -0.2) is 14.6 Å². The quantitative estimate of drug-likeness (QED) is 0.134. The Hall–Kier alpha value is -6.47. The van der Waals surface area contributed by atoms with Crippen molar-refractivity contribution in [3.8, 4) is 11.3 Å². The molecular formula is C42H31N3O4. The predicted octanol–water partition coefficient (Wildman–Crippen LogP) is 9.64. The van der Waals surface area contributed by atoms with Crippen LogP contribution in [0, 0.1) is 0 Å². The molecule has 5 aromatic carbocycles. The zero-order valence-electron chi connectivity index (χ0n) is 26.9. The summed E-state index contributed by atoms with van der Waals surface area (Å²) >= 11 is 0. The predicted molar refractivity (Wildman–Crippen MR) is 192 cm³/mol. The van der Waals surface area contributed by atoms with Gasteiger partial charge in [0.05, 0.1) is 11.4 Å². The molecule has 0 saturated carbocycles. The number of rotatable bonds is 6. The number of hydrogen-bond acceptors (Lipinski definition) is 5. The number of imide groups is 2. The lowest BCUT2D eigenvalue weighted by molar-refractivity contribution is -0.121. The molecule has 0 unspecified atom stereocenters. The first-order valence-electron chi connectivity index (χ1n) is 16.1. The van der Waals surface area contributed by atoms with E-state index < -0.39 is 23.3 Å². The number of nitrogens with zero attached hydrogens (tertiary/aromatic N) is 3. The van der Waals surface area contributed by atoms with Crippen molar-refractivity contribution in [2.75, 3.05) is 14.7 Å². The average molecular weight is 642 g/mol. The van der Waals surface area contributed by atoms with Crippen LogP contribution in [0.1, 0.15) is 30.7 Å². The van der Waals surface area contributed by atoms with Gasteiger partial charge in [-0.15, -0.1) is 0 Å². The Morgan fingerprint density at radius 2 is 1.06 bits per heavy atom. The first kappa shape index (κ1) is 29.9. The van der Waals surface area contributed by atoms with Gasteiger partial charge >= 0.3 is 6.03 Å². The van der Waals surface area contributed by atoms with Crippen LogP contribution in [0.2, 0.25) is 0 Å². The van der Waals surface area contributed by atoms with Gasteiger partial charge in [-0.1, -0.05) is 86.6 Å². The number of urea groups is 1. The largest absolute Gasteiger partial charge is 0.456 e. The fourth-order valence-corrected chi connectivity index (χ4v) is 6.76. The molecule has 0 N–H and O–H groups in total. The van der Waals surface area contributed by atoms with Gasteiger partial charge in [0.25, 0.3) is 11.8 Å². The van der Waals surface area contributed by atoms with Crippen LogP contribution >= 0.6 is 0 Å². The molecule has 0 bridgehead atoms. The van der Waals surface area contributed by atoms with Crippen LogP contribution in [0.25, 0.3) is 17.4 Å². The molecule has 7 nitrogen and oxygen atoms in total. The van der Waals surface area contributed by atoms with E-state index in [1.807, 2.05) is 42.5 Å². The molecule has 4 amide bonds. The SMILES string of the molecule is CC1(C)c2cc(N(c3ccccc3)c3ccccc3)ccc2-c2oc(C=C3C(=O)N(c4ccccc4)C(=O)N(c4ccccc4)C3=O)cc21. The Balaban J connectivity index is 1.20. The molecule has 0 spiro atoms. The molecule has 1 saturated heterocycles. The Morgan fingerprint density at radius 1 is 0.571 bits per heavy atom. The van der Waals surface area contributed by atoms with Crippen LogP contribution in [0.4, 0.5) is 33.2 Å². The summed E-state index contributed by atoms with van der Waals surface area (Å²) in [7, 11) is 0. The molecule has 8 rings (SSSR count). The third-order valence-corrected chi connectivity index (χ3v) is 9.20. The summed E-state index contributed by atoms with van der Waals surface area (Å²) in [6.07, 6.45) is 1.46. The van der Waals surface area contributed by atoms with Gasteiger partial charge in [-0.05, 0) is 84.4 Å². The molecule has 1 fully saturated rings. The summed E-state index contributed by atoms with van der Waals surface area (Å²) in [5.41, 5.74) is 6.23. The number of anilines is 5. The van der Waals surface area contributed by atoms with Crippen molar-refractivity contribution in [3.05, 3.63) is 168 Å². The van der Waals surface area contributed by atoms with Crippen molar-refractivity contribution in [1.82, 2.24) is 0 Å². The zero-order chi connectivity index (χ0) is 33.7. The number of benzene rings is 5. The minimum absolute atomic E-state index is 0.172. The summed E-state index contributed by atoms with van der Waals surface area (Å²) in [6.45, 7) is 4.29. The lowest BCUT2D eigenvalue weighted by Gasteiger charge is -2.33. The molecular weight excluding hydrogens is 610 g/mol. The molecule has 6 aromatic rings. The van der Waals surface area contributed by atoms with Gasteiger partial charge < -0.3 is 9.32 Å². The third-order valence-electron chi connectivity index (χ3n) is 9.20. The van der Waals surface area contributed by atoms with Gasteiger partial charge in [0.1, 0.15) is 17.1 Å². The summed E-state index contributed by atoms with van der Waals surface area (Å²) in [5, 5.41) is 0. The van der Waals surface area contributed by atoms with Gasteiger partial charge in [0.15, 0.2) is 0 Å². The maximum absolute atomic E-state index is 13.9. The van der Waals surface area contributed by atoms with Crippen LogP contribution in [0.5, 0.6) is 0 Å². The summed E-state index contributed by atoms with van der Waals surface area (Å²) in [5.74, 6) is -0.377. The second kappa shape index (κ2) is 11.6. The number of carbonyl (C=O) groups excluding carboxylic acids is 3. The number of amides is 4. The third kappa shape index (κ3) is 4.95. The van der Waals surface area contributed by atoms with Crippen LogP contribution in [0.15, 0.2) is 156 Å². The van der Waals surface area contributed by atoms with E-state index >= 15 is 0 Å². The highest BCUT2D eigenvalue weighted by Gasteiger charge is 2.45. The highest BCUT2D eigenvalue weighted by molar-refractivity contribution is 6.46. The molecule has 238 valence electrons. The number of fused-ring (bicyclic) bond motifs is 3. The van der Waals surface area contributed by atoms with E-state index in [-0.39, 0.29) is 5.57 Å². The smallest absolute Gasteiger partial charge is 0.343 e. The first-order valence-corrected chi connectivity index (χ1v) is 16.1. The van der Waals surface area contributed by atoms with E-state index in [9.17, 15) is 14.4 Å². The van der Waals surface area contributed by atoms with Gasteiger partial charge in [-0.3, -0.25) is 9.59 Å². The lowest BCUT2D eigenvalue weighted by Crippen LogP contribution is -2.57. The van der Waals surface area contributed by atoms with Crippen molar-refractivity contribution >= 4 is 52.4 Å². The fourth-order valence-electron chi connectivity index (χ4n) is 6.76. The van der Waals surface area contributed by atoms with E-state index in [0.29, 0.717) is 22.9 Å². The minimum Gasteiger partial charge on any atom is -0.456 e. The standard InChI is InChI=1S/C42H31N3O4/c1-42(2)36-25-32(43(28-15-7-3-8-16-28)29-17-9-4-10-18-29)23-24-34(36)38-37(42)27-33(49-38)26-35-39(46)44(30-19-11-5-12-20-30)41(48)45(40(35)47)31-21-13-6-14-22-31/h3-27H,1-2H3. The Morgan fingerprint density at radius 3 is 1.57 bits per heavy atom. The Kier molecular flexibility index (Phi) is 7.11. The molecule has 2 heterocycles. The molecule has 49 heavy (non-hydrogen) atoms. The molecule has 1 aliphatic carbocycles. The minimum atomic E-state index is -0.739. The number of para-hydroxylation sites is 4. The van der Waals surface area contributed by atoms with Crippen molar-refractivity contribution in [1.29, 1.82) is 0 Å². The molecule has 0 atom stereocenters. The van der Waals surface area contributed by atoms with Crippen LogP contribution in [0.3, 0.4) is 0 Å². The van der Waals surface area contributed by atoms with E-state index in [0.717, 1.165) is 43.6 Å². The topological polar surface area (TPSA) is 74.1 Å². The number of carbonyl (C=O) groups is 3. The van der Waals surface area contributed by atoms with Crippen LogP contribution in [-0.4, -0.2) is 17.8 Å². The summed E-state index contributed by atoms with van der Waals surface area (Å²) in [6, 6.07) is 45.2. The van der Waals surface area contributed by atoms with E-state index in [4.69, 9.17) is 4.42 Å². The lowest BCUT2D eigenvalue weighted by atomic mass is 9.82. The van der Waals surface area contributed by atoms with E-state index in [1.165, 1.54) is 6.08 Å². The average Bonchev–Trinajstić information content (AvgIpc) is 3.64. The molecule has 2 aliphatic rings. The highest BCUT2D eigenvalue weighted by atomic mass is 16.3.